The van der Waals surface area contributed by atoms with E-state index in [-0.39, 0.29) is 7.92 Å². The van der Waals surface area contributed by atoms with E-state index in [1.54, 1.807) is 5.44 Å². The van der Waals surface area contributed by atoms with Crippen molar-refractivity contribution in [1.29, 1.82) is 0 Å². The summed E-state index contributed by atoms with van der Waals surface area (Å²) in [7, 11) is 2.32. The molecular formula is C19H31NP+. The van der Waals surface area contributed by atoms with Gasteiger partial charge in [0.25, 0.3) is 0 Å². The van der Waals surface area contributed by atoms with E-state index in [1.165, 1.54) is 69.8 Å². The molecule has 0 N–H and O–H groups in total. The van der Waals surface area contributed by atoms with E-state index >= 15 is 0 Å². The highest BCUT2D eigenvalue weighted by Gasteiger charge is 2.36. The Morgan fingerprint density at radius 2 is 1.38 bits per heavy atom. The smallest absolute Gasteiger partial charge is 0.201 e. The summed E-state index contributed by atoms with van der Waals surface area (Å²) >= 11 is 0. The second-order valence-corrected chi connectivity index (χ2v) is 9.90. The van der Waals surface area contributed by atoms with Crippen molar-refractivity contribution in [3.05, 3.63) is 23.9 Å². The SMILES string of the molecule is Cc1ccc(P(C2CCCCC2)C2CCCCC2)[n+](C)c1. The van der Waals surface area contributed by atoms with Gasteiger partial charge in [-0.15, -0.1) is 0 Å². The van der Waals surface area contributed by atoms with Crippen molar-refractivity contribution in [2.24, 2.45) is 7.05 Å². The van der Waals surface area contributed by atoms with Crippen molar-refractivity contribution in [2.45, 2.75) is 82.4 Å². The number of aryl methyl sites for hydroxylation is 2. The van der Waals surface area contributed by atoms with E-state index in [0.717, 1.165) is 11.3 Å². The fourth-order valence-electron chi connectivity index (χ4n) is 4.40. The minimum Gasteiger partial charge on any atom is -0.201 e. The lowest BCUT2D eigenvalue weighted by atomic mass is 9.99. The fourth-order valence-corrected chi connectivity index (χ4v) is 8.25. The Morgan fingerprint density at radius 3 is 1.86 bits per heavy atom. The van der Waals surface area contributed by atoms with Gasteiger partial charge in [-0.3, -0.25) is 0 Å². The minimum absolute atomic E-state index is 0.0376. The first-order valence-corrected chi connectivity index (χ1v) is 10.5. The highest BCUT2D eigenvalue weighted by Crippen LogP contribution is 2.54. The summed E-state index contributed by atoms with van der Waals surface area (Å²) < 4.78 is 2.46. The molecule has 1 aromatic rings. The first kappa shape index (κ1) is 15.5. The Kier molecular flexibility index (Phi) is 5.33. The normalized spacial score (nSPS) is 21.9. The van der Waals surface area contributed by atoms with Crippen LogP contribution in [0.15, 0.2) is 18.3 Å². The predicted molar refractivity (Wildman–Crippen MR) is 92.7 cm³/mol. The van der Waals surface area contributed by atoms with Crippen LogP contribution in [0.3, 0.4) is 0 Å². The van der Waals surface area contributed by atoms with Crippen molar-refractivity contribution in [2.75, 3.05) is 0 Å². The van der Waals surface area contributed by atoms with E-state index in [2.05, 4.69) is 36.9 Å². The third-order valence-electron chi connectivity index (χ3n) is 5.45. The van der Waals surface area contributed by atoms with Crippen LogP contribution in [-0.2, 0) is 7.05 Å². The van der Waals surface area contributed by atoms with E-state index in [4.69, 9.17) is 0 Å². The summed E-state index contributed by atoms with van der Waals surface area (Å²) in [4.78, 5) is 0. The Bertz CT molecular complexity index is 441. The molecule has 2 fully saturated rings. The third-order valence-corrected chi connectivity index (χ3v) is 9.05. The van der Waals surface area contributed by atoms with Crippen molar-refractivity contribution in [3.63, 3.8) is 0 Å². The van der Waals surface area contributed by atoms with Crippen molar-refractivity contribution >= 4 is 13.4 Å². The number of pyridine rings is 1. The van der Waals surface area contributed by atoms with Gasteiger partial charge in [0, 0.05) is 19.6 Å². The quantitative estimate of drug-likeness (QED) is 0.568. The number of aromatic nitrogens is 1. The molecule has 0 unspecified atom stereocenters. The molecule has 1 nitrogen and oxygen atoms in total. The standard InChI is InChI=1S/C19H31NP/c1-16-13-14-19(20(2)15-16)21(17-9-5-3-6-10-17)18-11-7-4-8-12-18/h13-15,17-18H,3-12H2,1-2H3/q+1. The van der Waals surface area contributed by atoms with Crippen molar-refractivity contribution in [3.8, 4) is 0 Å². The molecule has 0 radical (unpaired) electrons. The molecule has 1 heterocycles. The second-order valence-electron chi connectivity index (χ2n) is 7.17. The summed E-state index contributed by atoms with van der Waals surface area (Å²) in [5, 5.41) is 0. The Labute approximate surface area is 131 Å². The number of hydrogen-bond donors (Lipinski definition) is 0. The Morgan fingerprint density at radius 1 is 0.857 bits per heavy atom. The van der Waals surface area contributed by atoms with Gasteiger partial charge in [0.15, 0.2) is 6.20 Å². The number of nitrogens with zero attached hydrogens (tertiary/aromatic N) is 1. The highest BCUT2D eigenvalue weighted by molar-refractivity contribution is 7.66. The van der Waals surface area contributed by atoms with Crippen LogP contribution in [0.5, 0.6) is 0 Å². The fraction of sp³-hybridized carbons (Fsp3) is 0.737. The maximum absolute atomic E-state index is 2.46. The zero-order valence-corrected chi connectivity index (χ0v) is 14.7. The Hall–Kier alpha value is -0.420. The van der Waals surface area contributed by atoms with Crippen LogP contribution in [0.1, 0.15) is 69.8 Å². The van der Waals surface area contributed by atoms with E-state index < -0.39 is 0 Å². The lowest BCUT2D eigenvalue weighted by Gasteiger charge is -2.36. The third kappa shape index (κ3) is 3.67. The second kappa shape index (κ2) is 7.23. The zero-order valence-electron chi connectivity index (χ0n) is 13.9. The van der Waals surface area contributed by atoms with Crippen LogP contribution in [0.25, 0.3) is 0 Å². The molecule has 0 saturated heterocycles. The van der Waals surface area contributed by atoms with Crippen LogP contribution in [0.2, 0.25) is 0 Å². The molecule has 2 heteroatoms. The van der Waals surface area contributed by atoms with Crippen LogP contribution in [0.4, 0.5) is 0 Å². The monoisotopic (exact) mass is 304 g/mol. The van der Waals surface area contributed by atoms with Gasteiger partial charge >= 0.3 is 0 Å². The molecule has 0 aliphatic heterocycles. The minimum atomic E-state index is 0.0376. The summed E-state index contributed by atoms with van der Waals surface area (Å²) in [6.45, 7) is 2.22. The van der Waals surface area contributed by atoms with E-state index in [0.29, 0.717) is 0 Å². The lowest BCUT2D eigenvalue weighted by molar-refractivity contribution is -0.653. The molecular weight excluding hydrogens is 273 g/mol. The first-order valence-electron chi connectivity index (χ1n) is 9.00. The molecule has 21 heavy (non-hydrogen) atoms. The van der Waals surface area contributed by atoms with Crippen LogP contribution in [-0.4, -0.2) is 11.3 Å². The van der Waals surface area contributed by atoms with Gasteiger partial charge in [-0.2, -0.15) is 0 Å². The van der Waals surface area contributed by atoms with Gasteiger partial charge in [-0.25, -0.2) is 4.57 Å². The molecule has 0 bridgehead atoms. The molecule has 2 saturated carbocycles. The summed E-state index contributed by atoms with van der Waals surface area (Å²) in [6, 6.07) is 4.81. The van der Waals surface area contributed by atoms with Gasteiger partial charge in [0.2, 0.25) is 5.44 Å². The molecule has 116 valence electrons. The molecule has 2 aliphatic carbocycles. The van der Waals surface area contributed by atoms with Gasteiger partial charge < -0.3 is 0 Å². The molecule has 0 atom stereocenters. The molecule has 3 rings (SSSR count). The molecule has 1 aromatic heterocycles. The van der Waals surface area contributed by atoms with E-state index in [9.17, 15) is 0 Å². The molecule has 0 aromatic carbocycles. The van der Waals surface area contributed by atoms with E-state index in [1.807, 2.05) is 0 Å². The number of hydrogen-bond acceptors (Lipinski definition) is 0. The maximum Gasteiger partial charge on any atom is 0.201 e. The Balaban J connectivity index is 1.89. The molecule has 0 spiro atoms. The van der Waals surface area contributed by atoms with Gasteiger partial charge in [0.1, 0.15) is 7.05 Å². The molecule has 2 aliphatic rings. The van der Waals surface area contributed by atoms with Crippen molar-refractivity contribution < 1.29 is 4.57 Å². The van der Waals surface area contributed by atoms with Crippen molar-refractivity contribution in [1.82, 2.24) is 0 Å². The summed E-state index contributed by atoms with van der Waals surface area (Å²) in [5.41, 5.74) is 5.08. The topological polar surface area (TPSA) is 3.88 Å². The summed E-state index contributed by atoms with van der Waals surface area (Å²) in [6.07, 6.45) is 17.2. The van der Waals surface area contributed by atoms with Crippen LogP contribution >= 0.6 is 7.92 Å². The zero-order chi connectivity index (χ0) is 14.7. The largest absolute Gasteiger partial charge is 0.201 e. The van der Waals surface area contributed by atoms with Crippen LogP contribution in [0, 0.1) is 6.92 Å². The summed E-state index contributed by atoms with van der Waals surface area (Å²) in [5.74, 6) is 0. The van der Waals surface area contributed by atoms with Gasteiger partial charge in [-0.05, 0) is 50.0 Å². The highest BCUT2D eigenvalue weighted by atomic mass is 31.1. The van der Waals surface area contributed by atoms with Gasteiger partial charge in [-0.1, -0.05) is 38.5 Å². The van der Waals surface area contributed by atoms with Gasteiger partial charge in [0.05, 0.1) is 0 Å². The number of rotatable bonds is 3. The maximum atomic E-state index is 2.46. The average molecular weight is 304 g/mol. The molecule has 0 amide bonds. The first-order chi connectivity index (χ1) is 10.3. The predicted octanol–water partition coefficient (Wildman–Crippen LogP) is 4.59. The van der Waals surface area contributed by atoms with Crippen LogP contribution < -0.4 is 10.0 Å². The average Bonchev–Trinajstić information content (AvgIpc) is 2.52. The lowest BCUT2D eigenvalue weighted by Crippen LogP contribution is -2.47.